The minimum Gasteiger partial charge on any atom is -0.368 e. The van der Waals surface area contributed by atoms with Crippen molar-refractivity contribution in [1.29, 1.82) is 0 Å². The number of piperazine rings is 1. The lowest BCUT2D eigenvalue weighted by Crippen LogP contribution is -2.53. The van der Waals surface area contributed by atoms with E-state index in [1.54, 1.807) is 30.6 Å². The summed E-state index contributed by atoms with van der Waals surface area (Å²) in [6.45, 7) is 6.44. The fourth-order valence-electron chi connectivity index (χ4n) is 6.86. The molecule has 2 N–H and O–H groups in total. The highest BCUT2D eigenvalue weighted by Crippen LogP contribution is 2.32. The summed E-state index contributed by atoms with van der Waals surface area (Å²) in [6, 6.07) is 16.3. The number of aromatic nitrogens is 4. The van der Waals surface area contributed by atoms with Crippen molar-refractivity contribution in [3.05, 3.63) is 89.8 Å². The van der Waals surface area contributed by atoms with Crippen LogP contribution in [-0.4, -0.2) is 99.8 Å². The summed E-state index contributed by atoms with van der Waals surface area (Å²) in [5, 5.41) is 10.7. The van der Waals surface area contributed by atoms with E-state index in [1.165, 1.54) is 12.1 Å². The average Bonchev–Trinajstić information content (AvgIpc) is 3.76. The van der Waals surface area contributed by atoms with E-state index in [0.717, 1.165) is 59.0 Å². The molecule has 2 saturated heterocycles. The Morgan fingerprint density at radius 1 is 0.959 bits per heavy atom. The number of likely N-dealkylation sites (tertiary alicyclic amines) is 1. The molecular weight excluding hydrogens is 623 g/mol. The van der Waals surface area contributed by atoms with E-state index in [4.69, 9.17) is 4.74 Å². The first-order valence-electron chi connectivity index (χ1n) is 17.0. The number of ether oxygens (including phenoxy) is 1. The van der Waals surface area contributed by atoms with Gasteiger partial charge in [-0.15, -0.1) is 0 Å². The zero-order valence-corrected chi connectivity index (χ0v) is 27.7. The molecule has 4 heterocycles. The van der Waals surface area contributed by atoms with E-state index in [-0.39, 0.29) is 24.2 Å². The van der Waals surface area contributed by atoms with Crippen molar-refractivity contribution in [2.75, 3.05) is 57.3 Å². The van der Waals surface area contributed by atoms with Crippen molar-refractivity contribution in [3.8, 4) is 22.6 Å². The molecule has 49 heavy (non-hydrogen) atoms. The Hall–Kier alpha value is -4.94. The molecule has 2 fully saturated rings. The number of aryl methyl sites for hydroxylation is 1. The number of allylic oxidation sites excluding steroid dienone is 1. The predicted octanol–water partition coefficient (Wildman–Crippen LogP) is 4.30. The first kappa shape index (κ1) is 32.6. The molecule has 254 valence electrons. The van der Waals surface area contributed by atoms with Crippen LogP contribution >= 0.6 is 0 Å². The van der Waals surface area contributed by atoms with Gasteiger partial charge >= 0.3 is 0 Å². The predicted molar refractivity (Wildman–Crippen MR) is 185 cm³/mol. The van der Waals surface area contributed by atoms with Gasteiger partial charge in [-0.1, -0.05) is 6.92 Å². The Morgan fingerprint density at radius 3 is 2.43 bits per heavy atom. The van der Waals surface area contributed by atoms with Crippen molar-refractivity contribution < 1.29 is 18.7 Å². The molecule has 0 bridgehead atoms. The van der Waals surface area contributed by atoms with Crippen LogP contribution in [0.3, 0.4) is 0 Å². The zero-order chi connectivity index (χ0) is 33.8. The van der Waals surface area contributed by atoms with E-state index in [2.05, 4.69) is 42.5 Å². The molecular formula is C37H41FN8O3. The quantitative estimate of drug-likeness (QED) is 0.258. The van der Waals surface area contributed by atoms with E-state index >= 15 is 0 Å². The van der Waals surface area contributed by atoms with E-state index < -0.39 is 5.60 Å². The molecule has 2 amide bonds. The minimum absolute atomic E-state index is 0.0683. The molecule has 0 radical (unpaired) electrons. The van der Waals surface area contributed by atoms with Gasteiger partial charge in [-0.05, 0) is 86.4 Å². The number of aromatic amines is 1. The van der Waals surface area contributed by atoms with Crippen LogP contribution in [-0.2, 0) is 20.7 Å². The molecule has 4 aromatic rings. The molecule has 12 heteroatoms. The number of benzene rings is 2. The van der Waals surface area contributed by atoms with Crippen LogP contribution in [0.25, 0.3) is 28.7 Å². The van der Waals surface area contributed by atoms with Gasteiger partial charge < -0.3 is 19.9 Å². The van der Waals surface area contributed by atoms with Gasteiger partial charge in [0.2, 0.25) is 5.91 Å². The molecule has 3 aliphatic rings. The van der Waals surface area contributed by atoms with E-state index in [1.807, 2.05) is 34.9 Å². The number of nitrogens with zero attached hydrogens (tertiary/aromatic N) is 6. The van der Waals surface area contributed by atoms with Crippen molar-refractivity contribution in [3.63, 3.8) is 0 Å². The molecule has 2 aliphatic heterocycles. The van der Waals surface area contributed by atoms with Gasteiger partial charge in [-0.3, -0.25) is 19.6 Å². The van der Waals surface area contributed by atoms with E-state index in [0.29, 0.717) is 57.9 Å². The third-order valence-electron chi connectivity index (χ3n) is 9.59. The summed E-state index contributed by atoms with van der Waals surface area (Å²) in [6.07, 6.45) is 8.06. The maximum absolute atomic E-state index is 13.9. The molecule has 2 aromatic heterocycles. The highest BCUT2D eigenvalue weighted by atomic mass is 19.1. The Balaban J connectivity index is 0.952. The van der Waals surface area contributed by atoms with Crippen LogP contribution in [0.4, 0.5) is 10.1 Å². The summed E-state index contributed by atoms with van der Waals surface area (Å²) in [5.41, 5.74) is 5.23. The summed E-state index contributed by atoms with van der Waals surface area (Å²) < 4.78 is 19.8. The third kappa shape index (κ3) is 7.11. The minimum atomic E-state index is -1.04. The van der Waals surface area contributed by atoms with Crippen LogP contribution in [0.15, 0.2) is 72.7 Å². The smallest absolute Gasteiger partial charge is 0.257 e. The van der Waals surface area contributed by atoms with Crippen molar-refractivity contribution in [2.24, 2.45) is 0 Å². The Morgan fingerprint density at radius 2 is 1.69 bits per heavy atom. The van der Waals surface area contributed by atoms with Crippen LogP contribution in [0, 0.1) is 5.82 Å². The summed E-state index contributed by atoms with van der Waals surface area (Å²) in [7, 11) is 0. The van der Waals surface area contributed by atoms with Crippen LogP contribution < -0.4 is 10.2 Å². The lowest BCUT2D eigenvalue weighted by Gasteiger charge is -2.37. The third-order valence-corrected chi connectivity index (χ3v) is 9.59. The van der Waals surface area contributed by atoms with E-state index in [9.17, 15) is 14.0 Å². The number of hydrogen-bond acceptors (Lipinski definition) is 8. The maximum atomic E-state index is 13.9. The first-order chi connectivity index (χ1) is 23.9. The summed E-state index contributed by atoms with van der Waals surface area (Å²) in [5.74, 6) is 0.278. The highest BCUT2D eigenvalue weighted by Gasteiger charge is 2.46. The molecule has 2 aromatic carbocycles. The maximum Gasteiger partial charge on any atom is 0.257 e. The number of halogens is 1. The molecule has 7 rings (SSSR count). The van der Waals surface area contributed by atoms with Crippen LogP contribution in [0.5, 0.6) is 0 Å². The standard InChI is InChI=1S/C37H41FN8O3/c1-2-22-49-37(36(48)41-29-10-13-32-31(23-29)34(43-42-32)26-4-8-28(38)9-5-26)14-17-44(25-37)24-33(47)46-20-18-45(19-21-46)30-11-6-27(7-12-30)35-39-15-3-16-40-35/h3-9,11-12,15-16,23H,2,10,13-14,17-22,24-25H2,1H3,(H,41,48)(H,42,43). The summed E-state index contributed by atoms with van der Waals surface area (Å²) in [4.78, 5) is 42.3. The Labute approximate surface area is 285 Å². The molecule has 1 atom stereocenters. The fraction of sp³-hybridized carbons (Fsp3) is 0.378. The molecule has 1 unspecified atom stereocenters. The van der Waals surface area contributed by atoms with Crippen molar-refractivity contribution in [2.45, 2.75) is 38.2 Å². The number of rotatable bonds is 10. The van der Waals surface area contributed by atoms with Crippen LogP contribution in [0.2, 0.25) is 0 Å². The number of fused-ring (bicyclic) bond motifs is 1. The normalized spacial score (nSPS) is 19.4. The second kappa shape index (κ2) is 14.3. The number of hydrogen-bond donors (Lipinski definition) is 2. The SMILES string of the molecule is CCCOC1(C(=O)NC2=Cc3c(-c4ccc(F)cc4)n[nH]c3CC2)CCN(CC(=O)N2CCN(c3ccc(-c4ncccn4)cc3)CC2)C1. The topological polar surface area (TPSA) is 120 Å². The molecule has 0 spiro atoms. The van der Waals surface area contributed by atoms with Crippen LogP contribution in [0.1, 0.15) is 37.4 Å². The highest BCUT2D eigenvalue weighted by molar-refractivity contribution is 5.89. The number of amides is 2. The fourth-order valence-corrected chi connectivity index (χ4v) is 6.86. The second-order valence-electron chi connectivity index (χ2n) is 12.9. The van der Waals surface area contributed by atoms with Gasteiger partial charge in [-0.25, -0.2) is 14.4 Å². The lowest BCUT2D eigenvalue weighted by molar-refractivity contribution is -0.145. The second-order valence-corrected chi connectivity index (χ2v) is 12.9. The first-order valence-corrected chi connectivity index (χ1v) is 17.0. The monoisotopic (exact) mass is 664 g/mol. The number of anilines is 1. The van der Waals surface area contributed by atoms with Gasteiger partial charge in [0.05, 0.1) is 12.2 Å². The molecule has 1 aliphatic carbocycles. The lowest BCUT2D eigenvalue weighted by atomic mass is 9.96. The average molecular weight is 665 g/mol. The van der Waals surface area contributed by atoms with Crippen molar-refractivity contribution in [1.82, 2.24) is 35.3 Å². The zero-order valence-electron chi connectivity index (χ0n) is 27.7. The van der Waals surface area contributed by atoms with Gasteiger partial charge in [0.1, 0.15) is 5.82 Å². The number of carbonyl (C=O) groups is 2. The molecule has 0 saturated carbocycles. The van der Waals surface area contributed by atoms with Gasteiger partial charge in [-0.2, -0.15) is 5.10 Å². The Bertz CT molecular complexity index is 1800. The summed E-state index contributed by atoms with van der Waals surface area (Å²) >= 11 is 0. The van der Waals surface area contributed by atoms with Gasteiger partial charge in [0.15, 0.2) is 11.4 Å². The molecule has 11 nitrogen and oxygen atoms in total. The van der Waals surface area contributed by atoms with Crippen molar-refractivity contribution >= 4 is 23.6 Å². The Kier molecular flexibility index (Phi) is 9.49. The number of H-pyrrole nitrogens is 1. The number of nitrogens with one attached hydrogen (secondary N) is 2. The van der Waals surface area contributed by atoms with Gasteiger partial charge in [0.25, 0.3) is 5.91 Å². The largest absolute Gasteiger partial charge is 0.368 e. The van der Waals surface area contributed by atoms with Gasteiger partial charge in [0, 0.05) is 92.0 Å². The number of carbonyl (C=O) groups excluding carboxylic acids is 2.